The first kappa shape index (κ1) is 16.0. The maximum atomic E-state index is 12.4. The summed E-state index contributed by atoms with van der Waals surface area (Å²) < 4.78 is 0. The van der Waals surface area contributed by atoms with Gasteiger partial charge in [-0.3, -0.25) is 4.79 Å². The largest absolute Gasteiger partial charge is 0.398 e. The molecule has 2 aromatic carbocycles. The number of halogens is 3. The quantitative estimate of drug-likeness (QED) is 0.834. The number of anilines is 1. The van der Waals surface area contributed by atoms with Gasteiger partial charge in [-0.15, -0.1) is 0 Å². The fourth-order valence-corrected chi connectivity index (χ4v) is 2.44. The Labute approximate surface area is 138 Å². The average molecular weight is 344 g/mol. The van der Waals surface area contributed by atoms with Gasteiger partial charge in [0.05, 0.1) is 20.8 Å². The van der Waals surface area contributed by atoms with Gasteiger partial charge in [-0.05, 0) is 29.8 Å². The molecule has 0 radical (unpaired) electrons. The lowest BCUT2D eigenvalue weighted by Crippen LogP contribution is -2.26. The number of carbonyl (C=O) groups is 1. The van der Waals surface area contributed by atoms with E-state index in [0.717, 1.165) is 5.56 Å². The van der Waals surface area contributed by atoms with Crippen LogP contribution in [0, 0.1) is 0 Å². The molecule has 0 spiro atoms. The molecule has 0 fully saturated rings. The molecule has 2 rings (SSSR count). The smallest absolute Gasteiger partial charge is 0.253 e. The Hall–Kier alpha value is -1.42. The van der Waals surface area contributed by atoms with E-state index in [2.05, 4.69) is 0 Å². The number of hydrogen-bond acceptors (Lipinski definition) is 2. The lowest BCUT2D eigenvalue weighted by molar-refractivity contribution is 0.0785. The minimum absolute atomic E-state index is 0.173. The Bertz CT molecular complexity index is 689. The topological polar surface area (TPSA) is 46.3 Å². The second-order valence-corrected chi connectivity index (χ2v) is 5.80. The molecule has 0 saturated carbocycles. The van der Waals surface area contributed by atoms with E-state index in [-0.39, 0.29) is 5.91 Å². The zero-order valence-corrected chi connectivity index (χ0v) is 13.5. The van der Waals surface area contributed by atoms with Gasteiger partial charge >= 0.3 is 0 Å². The molecular weight excluding hydrogens is 331 g/mol. The summed E-state index contributed by atoms with van der Waals surface area (Å²) in [6, 6.07) is 10.1. The van der Waals surface area contributed by atoms with Crippen LogP contribution in [-0.4, -0.2) is 17.9 Å². The predicted molar refractivity (Wildman–Crippen MR) is 88.1 cm³/mol. The molecule has 3 nitrogen and oxygen atoms in total. The summed E-state index contributed by atoms with van der Waals surface area (Å²) in [7, 11) is 1.68. The maximum absolute atomic E-state index is 12.4. The van der Waals surface area contributed by atoms with Crippen molar-refractivity contribution in [1.82, 2.24) is 4.90 Å². The Morgan fingerprint density at radius 3 is 2.52 bits per heavy atom. The van der Waals surface area contributed by atoms with Crippen molar-refractivity contribution in [1.29, 1.82) is 0 Å². The summed E-state index contributed by atoms with van der Waals surface area (Å²) in [5.74, 6) is -0.173. The molecule has 6 heteroatoms. The second-order valence-electron chi connectivity index (χ2n) is 4.61. The highest BCUT2D eigenvalue weighted by Gasteiger charge is 2.15. The highest BCUT2D eigenvalue weighted by atomic mass is 35.5. The fraction of sp³-hybridized carbons (Fsp3) is 0.133. The average Bonchev–Trinajstić information content (AvgIpc) is 2.46. The monoisotopic (exact) mass is 342 g/mol. The van der Waals surface area contributed by atoms with E-state index >= 15 is 0 Å². The number of nitrogens with zero attached hydrogens (tertiary/aromatic N) is 1. The number of hydrogen-bond donors (Lipinski definition) is 1. The zero-order valence-electron chi connectivity index (χ0n) is 11.2. The van der Waals surface area contributed by atoms with Gasteiger partial charge in [0.1, 0.15) is 0 Å². The summed E-state index contributed by atoms with van der Waals surface area (Å²) >= 11 is 18.0. The number of nitrogens with two attached hydrogens (primary N) is 1. The van der Waals surface area contributed by atoms with Gasteiger partial charge < -0.3 is 10.6 Å². The van der Waals surface area contributed by atoms with Crippen LogP contribution in [0.1, 0.15) is 15.9 Å². The predicted octanol–water partition coefficient (Wildman–Crippen LogP) is 4.50. The van der Waals surface area contributed by atoms with Gasteiger partial charge in [0, 0.05) is 19.2 Å². The molecule has 0 aromatic heterocycles. The molecule has 0 bridgehead atoms. The van der Waals surface area contributed by atoms with Gasteiger partial charge in [0.15, 0.2) is 0 Å². The first-order valence-electron chi connectivity index (χ1n) is 6.13. The number of benzene rings is 2. The third kappa shape index (κ3) is 3.62. The normalized spacial score (nSPS) is 10.5. The van der Waals surface area contributed by atoms with Gasteiger partial charge in [0.2, 0.25) is 0 Å². The van der Waals surface area contributed by atoms with E-state index < -0.39 is 0 Å². The molecule has 0 unspecified atom stereocenters. The first-order chi connectivity index (χ1) is 9.90. The van der Waals surface area contributed by atoms with Crippen molar-refractivity contribution in [2.75, 3.05) is 12.8 Å². The number of carbonyl (C=O) groups excluding carboxylic acids is 1. The van der Waals surface area contributed by atoms with Crippen molar-refractivity contribution in [3.63, 3.8) is 0 Å². The summed E-state index contributed by atoms with van der Waals surface area (Å²) in [6.07, 6.45) is 0. The Morgan fingerprint density at radius 1 is 1.14 bits per heavy atom. The SMILES string of the molecule is CN(Cc1cccc(Cl)c1Cl)C(=O)c1ccc(N)c(Cl)c1. The van der Waals surface area contributed by atoms with E-state index in [1.807, 2.05) is 6.07 Å². The molecule has 110 valence electrons. The van der Waals surface area contributed by atoms with Crippen LogP contribution in [0.2, 0.25) is 15.1 Å². The van der Waals surface area contributed by atoms with E-state index in [4.69, 9.17) is 40.5 Å². The van der Waals surface area contributed by atoms with Gasteiger partial charge in [-0.25, -0.2) is 0 Å². The minimum Gasteiger partial charge on any atom is -0.398 e. The van der Waals surface area contributed by atoms with Crippen molar-refractivity contribution in [2.45, 2.75) is 6.54 Å². The molecule has 0 heterocycles. The van der Waals surface area contributed by atoms with Crippen LogP contribution in [0.4, 0.5) is 5.69 Å². The van der Waals surface area contributed by atoms with Crippen LogP contribution in [0.5, 0.6) is 0 Å². The Balaban J connectivity index is 2.19. The number of nitrogen functional groups attached to an aromatic ring is 1. The second kappa shape index (κ2) is 6.56. The molecule has 0 atom stereocenters. The highest BCUT2D eigenvalue weighted by molar-refractivity contribution is 6.42. The summed E-state index contributed by atoms with van der Waals surface area (Å²) in [4.78, 5) is 13.9. The van der Waals surface area contributed by atoms with E-state index in [1.54, 1.807) is 42.3 Å². The Kier molecular flexibility index (Phi) is 4.99. The molecule has 0 saturated heterocycles. The van der Waals surface area contributed by atoms with Crippen LogP contribution >= 0.6 is 34.8 Å². The van der Waals surface area contributed by atoms with Crippen molar-refractivity contribution in [2.24, 2.45) is 0 Å². The van der Waals surface area contributed by atoms with Crippen LogP contribution in [0.25, 0.3) is 0 Å². The molecule has 0 aliphatic carbocycles. The first-order valence-corrected chi connectivity index (χ1v) is 7.27. The van der Waals surface area contributed by atoms with E-state index in [1.165, 1.54) is 0 Å². The lowest BCUT2D eigenvalue weighted by atomic mass is 10.1. The van der Waals surface area contributed by atoms with Crippen molar-refractivity contribution in [3.8, 4) is 0 Å². The van der Waals surface area contributed by atoms with Gasteiger partial charge in [0.25, 0.3) is 5.91 Å². The van der Waals surface area contributed by atoms with Gasteiger partial charge in [-0.2, -0.15) is 0 Å². The third-order valence-corrected chi connectivity index (χ3v) is 4.22. The third-order valence-electron chi connectivity index (χ3n) is 3.03. The number of amides is 1. The van der Waals surface area contributed by atoms with Crippen LogP contribution < -0.4 is 5.73 Å². The molecule has 21 heavy (non-hydrogen) atoms. The van der Waals surface area contributed by atoms with E-state index in [0.29, 0.717) is 32.9 Å². The molecule has 2 N–H and O–H groups in total. The van der Waals surface area contributed by atoms with E-state index in [9.17, 15) is 4.79 Å². The maximum Gasteiger partial charge on any atom is 0.253 e. The summed E-state index contributed by atoms with van der Waals surface area (Å²) in [5, 5.41) is 1.27. The van der Waals surface area contributed by atoms with Crippen molar-refractivity contribution < 1.29 is 4.79 Å². The lowest BCUT2D eigenvalue weighted by Gasteiger charge is -2.18. The molecular formula is C15H13Cl3N2O. The minimum atomic E-state index is -0.173. The fourth-order valence-electron chi connectivity index (χ4n) is 1.88. The molecule has 0 aliphatic rings. The van der Waals surface area contributed by atoms with Crippen LogP contribution in [0.3, 0.4) is 0 Å². The highest BCUT2D eigenvalue weighted by Crippen LogP contribution is 2.27. The summed E-state index contributed by atoms with van der Waals surface area (Å²) in [6.45, 7) is 0.347. The molecule has 2 aromatic rings. The van der Waals surface area contributed by atoms with Crippen LogP contribution in [0.15, 0.2) is 36.4 Å². The van der Waals surface area contributed by atoms with Crippen molar-refractivity contribution in [3.05, 3.63) is 62.6 Å². The Morgan fingerprint density at radius 2 is 1.86 bits per heavy atom. The summed E-state index contributed by atoms with van der Waals surface area (Å²) in [5.41, 5.74) is 7.32. The van der Waals surface area contributed by atoms with Crippen molar-refractivity contribution >= 4 is 46.4 Å². The van der Waals surface area contributed by atoms with Gasteiger partial charge in [-0.1, -0.05) is 46.9 Å². The molecule has 0 aliphatic heterocycles. The number of rotatable bonds is 3. The van der Waals surface area contributed by atoms with Crippen LogP contribution in [-0.2, 0) is 6.54 Å². The standard InChI is InChI=1S/C15H13Cl3N2O/c1-20(8-10-3-2-4-11(16)14(10)18)15(21)9-5-6-13(19)12(17)7-9/h2-7H,8,19H2,1H3. The zero-order chi connectivity index (χ0) is 15.6. The molecule has 1 amide bonds.